The van der Waals surface area contributed by atoms with Crippen LogP contribution >= 0.6 is 0 Å². The Hall–Kier alpha value is -1.61. The van der Waals surface area contributed by atoms with Crippen molar-refractivity contribution in [1.29, 1.82) is 0 Å². The number of carbonyl (C=O) groups is 1. The summed E-state index contributed by atoms with van der Waals surface area (Å²) in [6.07, 6.45) is 2.35. The number of nitrogens with one attached hydrogen (secondary N) is 1. The number of hydrogen-bond acceptors (Lipinski definition) is 2. The fraction of sp³-hybridized carbons (Fsp3) is 0.308. The second kappa shape index (κ2) is 6.80. The van der Waals surface area contributed by atoms with Gasteiger partial charge in [-0.15, -0.1) is 0 Å². The first kappa shape index (κ1) is 12.5. The van der Waals surface area contributed by atoms with E-state index >= 15 is 0 Å². The molecule has 0 aromatic heterocycles. The SMILES string of the molecule is C/C(=C\c1ccccc1)CC(=O)NCCO. The second-order valence-electron chi connectivity index (χ2n) is 3.65. The number of aliphatic hydroxyl groups excluding tert-OH is 1. The molecule has 1 aromatic rings. The summed E-state index contributed by atoms with van der Waals surface area (Å²) in [5.41, 5.74) is 2.09. The Morgan fingerprint density at radius 3 is 2.69 bits per heavy atom. The number of carbonyl (C=O) groups excluding carboxylic acids is 1. The van der Waals surface area contributed by atoms with Gasteiger partial charge in [0.2, 0.25) is 5.91 Å². The molecule has 0 aliphatic rings. The highest BCUT2D eigenvalue weighted by molar-refractivity contribution is 5.79. The molecular formula is C13H17NO2. The molecule has 0 aliphatic heterocycles. The van der Waals surface area contributed by atoms with E-state index in [1.807, 2.05) is 43.3 Å². The molecule has 1 aromatic carbocycles. The van der Waals surface area contributed by atoms with E-state index in [1.54, 1.807) is 0 Å². The maximum absolute atomic E-state index is 11.3. The van der Waals surface area contributed by atoms with Crippen LogP contribution in [0.15, 0.2) is 35.9 Å². The van der Waals surface area contributed by atoms with Crippen LogP contribution in [0.4, 0.5) is 0 Å². The molecule has 2 N–H and O–H groups in total. The van der Waals surface area contributed by atoms with Gasteiger partial charge in [-0.05, 0) is 12.5 Å². The highest BCUT2D eigenvalue weighted by Gasteiger charge is 2.01. The zero-order valence-electron chi connectivity index (χ0n) is 9.44. The van der Waals surface area contributed by atoms with Crippen LogP contribution in [-0.2, 0) is 4.79 Å². The van der Waals surface area contributed by atoms with Crippen LogP contribution in [0.2, 0.25) is 0 Å². The van der Waals surface area contributed by atoms with Crippen LogP contribution in [0.1, 0.15) is 18.9 Å². The molecule has 16 heavy (non-hydrogen) atoms. The van der Waals surface area contributed by atoms with Gasteiger partial charge in [0.1, 0.15) is 0 Å². The number of aliphatic hydroxyl groups is 1. The molecule has 0 atom stereocenters. The molecule has 0 bridgehead atoms. The number of amides is 1. The highest BCUT2D eigenvalue weighted by atomic mass is 16.3. The van der Waals surface area contributed by atoms with E-state index in [0.29, 0.717) is 13.0 Å². The minimum Gasteiger partial charge on any atom is -0.395 e. The summed E-state index contributed by atoms with van der Waals surface area (Å²) in [6, 6.07) is 9.88. The van der Waals surface area contributed by atoms with Gasteiger partial charge in [0.25, 0.3) is 0 Å². The summed E-state index contributed by atoms with van der Waals surface area (Å²) in [5, 5.41) is 11.2. The van der Waals surface area contributed by atoms with Crippen molar-refractivity contribution in [2.75, 3.05) is 13.2 Å². The average Bonchev–Trinajstić information content (AvgIpc) is 2.27. The van der Waals surface area contributed by atoms with Crippen molar-refractivity contribution >= 4 is 12.0 Å². The smallest absolute Gasteiger partial charge is 0.224 e. The third-order valence-corrected chi connectivity index (χ3v) is 2.09. The molecule has 1 amide bonds. The lowest BCUT2D eigenvalue weighted by atomic mass is 10.1. The summed E-state index contributed by atoms with van der Waals surface area (Å²) in [6.45, 7) is 2.22. The van der Waals surface area contributed by atoms with Crippen LogP contribution < -0.4 is 5.32 Å². The third-order valence-electron chi connectivity index (χ3n) is 2.09. The molecule has 0 unspecified atom stereocenters. The van der Waals surface area contributed by atoms with Gasteiger partial charge in [0.15, 0.2) is 0 Å². The van der Waals surface area contributed by atoms with E-state index in [9.17, 15) is 4.79 Å². The second-order valence-corrected chi connectivity index (χ2v) is 3.65. The van der Waals surface area contributed by atoms with Crippen LogP contribution in [0.25, 0.3) is 6.08 Å². The first-order valence-electron chi connectivity index (χ1n) is 5.32. The molecule has 1 rings (SSSR count). The van der Waals surface area contributed by atoms with Gasteiger partial charge in [-0.3, -0.25) is 4.79 Å². The van der Waals surface area contributed by atoms with E-state index < -0.39 is 0 Å². The van der Waals surface area contributed by atoms with E-state index in [1.165, 1.54) is 0 Å². The summed E-state index contributed by atoms with van der Waals surface area (Å²) in [5.74, 6) is -0.0567. The standard InChI is InChI=1S/C13H17NO2/c1-11(10-13(16)14-7-8-15)9-12-5-3-2-4-6-12/h2-6,9,15H,7-8,10H2,1H3,(H,14,16)/b11-9+. The van der Waals surface area contributed by atoms with Crippen molar-refractivity contribution in [3.05, 3.63) is 41.5 Å². The molecule has 0 aliphatic carbocycles. The van der Waals surface area contributed by atoms with E-state index in [0.717, 1.165) is 11.1 Å². The van der Waals surface area contributed by atoms with Gasteiger partial charge < -0.3 is 10.4 Å². The predicted octanol–water partition coefficient (Wildman–Crippen LogP) is 1.59. The lowest BCUT2D eigenvalue weighted by Crippen LogP contribution is -2.26. The third kappa shape index (κ3) is 4.75. The van der Waals surface area contributed by atoms with E-state index in [-0.39, 0.29) is 12.5 Å². The quantitative estimate of drug-likeness (QED) is 0.790. The van der Waals surface area contributed by atoms with Crippen molar-refractivity contribution in [3.8, 4) is 0 Å². The molecule has 0 radical (unpaired) electrons. The van der Waals surface area contributed by atoms with Gasteiger partial charge >= 0.3 is 0 Å². The maximum Gasteiger partial charge on any atom is 0.224 e. The van der Waals surface area contributed by atoms with Crippen LogP contribution in [-0.4, -0.2) is 24.2 Å². The normalized spacial score (nSPS) is 11.2. The van der Waals surface area contributed by atoms with Crippen molar-refractivity contribution in [1.82, 2.24) is 5.32 Å². The van der Waals surface area contributed by atoms with Crippen LogP contribution in [0, 0.1) is 0 Å². The summed E-state index contributed by atoms with van der Waals surface area (Å²) >= 11 is 0. The van der Waals surface area contributed by atoms with Crippen molar-refractivity contribution in [2.24, 2.45) is 0 Å². The van der Waals surface area contributed by atoms with Crippen molar-refractivity contribution < 1.29 is 9.90 Å². The van der Waals surface area contributed by atoms with Gasteiger partial charge in [0, 0.05) is 13.0 Å². The maximum atomic E-state index is 11.3. The minimum absolute atomic E-state index is 0.0206. The largest absolute Gasteiger partial charge is 0.395 e. The first-order valence-corrected chi connectivity index (χ1v) is 5.32. The predicted molar refractivity (Wildman–Crippen MR) is 64.8 cm³/mol. The van der Waals surface area contributed by atoms with E-state index in [4.69, 9.17) is 5.11 Å². The monoisotopic (exact) mass is 219 g/mol. The van der Waals surface area contributed by atoms with Gasteiger partial charge in [-0.1, -0.05) is 42.0 Å². The number of benzene rings is 1. The Labute approximate surface area is 95.8 Å². The Morgan fingerprint density at radius 2 is 2.06 bits per heavy atom. The molecular weight excluding hydrogens is 202 g/mol. The first-order chi connectivity index (χ1) is 7.72. The summed E-state index contributed by atoms with van der Waals surface area (Å²) in [4.78, 5) is 11.3. The summed E-state index contributed by atoms with van der Waals surface area (Å²) < 4.78 is 0. The lowest BCUT2D eigenvalue weighted by molar-refractivity contribution is -0.120. The molecule has 0 spiro atoms. The molecule has 3 nitrogen and oxygen atoms in total. The zero-order valence-corrected chi connectivity index (χ0v) is 9.44. The van der Waals surface area contributed by atoms with Gasteiger partial charge in [-0.25, -0.2) is 0 Å². The average molecular weight is 219 g/mol. The molecule has 0 saturated heterocycles. The fourth-order valence-corrected chi connectivity index (χ4v) is 1.40. The Balaban J connectivity index is 2.49. The Morgan fingerprint density at radius 1 is 1.38 bits per heavy atom. The number of hydrogen-bond donors (Lipinski definition) is 2. The van der Waals surface area contributed by atoms with Gasteiger partial charge in [-0.2, -0.15) is 0 Å². The van der Waals surface area contributed by atoms with Gasteiger partial charge in [0.05, 0.1) is 6.61 Å². The molecule has 0 heterocycles. The topological polar surface area (TPSA) is 49.3 Å². The van der Waals surface area contributed by atoms with Crippen LogP contribution in [0.3, 0.4) is 0 Å². The Kier molecular flexibility index (Phi) is 5.29. The van der Waals surface area contributed by atoms with Crippen molar-refractivity contribution in [3.63, 3.8) is 0 Å². The minimum atomic E-state index is -0.0567. The van der Waals surface area contributed by atoms with E-state index in [2.05, 4.69) is 5.32 Å². The number of rotatable bonds is 5. The molecule has 0 fully saturated rings. The summed E-state index contributed by atoms with van der Waals surface area (Å²) in [7, 11) is 0. The highest BCUT2D eigenvalue weighted by Crippen LogP contribution is 2.08. The molecule has 86 valence electrons. The lowest BCUT2D eigenvalue weighted by Gasteiger charge is -2.03. The molecule has 3 heteroatoms. The van der Waals surface area contributed by atoms with Crippen molar-refractivity contribution in [2.45, 2.75) is 13.3 Å². The molecule has 0 saturated carbocycles. The fourth-order valence-electron chi connectivity index (χ4n) is 1.40. The Bertz CT molecular complexity index is 357. The van der Waals surface area contributed by atoms with Crippen LogP contribution in [0.5, 0.6) is 0 Å². The zero-order chi connectivity index (χ0) is 11.8.